The van der Waals surface area contributed by atoms with Crippen LogP contribution in [-0.4, -0.2) is 63.0 Å². The van der Waals surface area contributed by atoms with Gasteiger partial charge in [-0.2, -0.15) is 0 Å². The molecule has 0 saturated heterocycles. The van der Waals surface area contributed by atoms with Gasteiger partial charge in [-0.1, -0.05) is 12.1 Å². The maximum atomic E-state index is 9.95. The van der Waals surface area contributed by atoms with Gasteiger partial charge in [0.2, 0.25) is 0 Å². The lowest BCUT2D eigenvalue weighted by Crippen LogP contribution is -2.29. The van der Waals surface area contributed by atoms with Crippen molar-refractivity contribution in [2.75, 3.05) is 30.8 Å². The summed E-state index contributed by atoms with van der Waals surface area (Å²) in [7, 11) is 1.79. The Balaban J connectivity index is 1.42. The summed E-state index contributed by atoms with van der Waals surface area (Å²) >= 11 is 1.58. The summed E-state index contributed by atoms with van der Waals surface area (Å²) < 4.78 is 7.76. The zero-order valence-corrected chi connectivity index (χ0v) is 20.2. The molecule has 1 aromatic carbocycles. The fraction of sp³-hybridized carbons (Fsp3) is 0.333. The number of imidazole rings is 1. The molecule has 4 aromatic rings. The average Bonchev–Trinajstić information content (AvgIpc) is 3.43. The van der Waals surface area contributed by atoms with Crippen LogP contribution in [0, 0.1) is 5.41 Å². The number of hydrogen-bond donors (Lipinski definition) is 5. The molecule has 1 atom stereocenters. The Bertz CT molecular complexity index is 1290. The predicted molar refractivity (Wildman–Crippen MR) is 138 cm³/mol. The standard InChI is InChI=1S/C24H28N8O2S/c1-26-12-18(33)14-34-19-4-2-3-15(9-19)21-30-22(20(10-25)23(31-21)28-16-5-6-16)27-11-17-13-32-7-8-35-24(32)29-17/h2-4,7-10,13,16,18,25-26,33H,5-6,11-12,14H2,1H3,(H2,27,28,30,31). The first-order valence-electron chi connectivity index (χ1n) is 11.5. The van der Waals surface area contributed by atoms with Crippen molar-refractivity contribution in [2.45, 2.75) is 31.5 Å². The first kappa shape index (κ1) is 23.2. The molecule has 1 saturated carbocycles. The van der Waals surface area contributed by atoms with Crippen LogP contribution in [0.15, 0.2) is 42.0 Å². The lowest BCUT2D eigenvalue weighted by atomic mass is 10.2. The number of rotatable bonds is 12. The highest BCUT2D eigenvalue weighted by molar-refractivity contribution is 7.15. The van der Waals surface area contributed by atoms with Gasteiger partial charge in [-0.3, -0.25) is 4.40 Å². The zero-order valence-electron chi connectivity index (χ0n) is 19.4. The summed E-state index contributed by atoms with van der Waals surface area (Å²) in [6.07, 6.45) is 6.82. The lowest BCUT2D eigenvalue weighted by Gasteiger charge is -2.15. The van der Waals surface area contributed by atoms with Crippen molar-refractivity contribution in [2.24, 2.45) is 0 Å². The molecule has 3 aromatic heterocycles. The molecule has 0 bridgehead atoms. The van der Waals surface area contributed by atoms with Crippen molar-refractivity contribution in [3.8, 4) is 17.1 Å². The number of aliphatic hydroxyl groups is 1. The molecule has 0 spiro atoms. The Labute approximate surface area is 206 Å². The number of benzene rings is 1. The summed E-state index contributed by atoms with van der Waals surface area (Å²) in [5, 5.41) is 29.7. The van der Waals surface area contributed by atoms with E-state index in [4.69, 9.17) is 20.1 Å². The van der Waals surface area contributed by atoms with Crippen LogP contribution in [0.2, 0.25) is 0 Å². The van der Waals surface area contributed by atoms with Crippen molar-refractivity contribution in [1.29, 1.82) is 5.41 Å². The molecule has 1 fully saturated rings. The molecule has 11 heteroatoms. The van der Waals surface area contributed by atoms with Gasteiger partial charge < -0.3 is 31.2 Å². The van der Waals surface area contributed by atoms with E-state index < -0.39 is 6.10 Å². The number of ether oxygens (including phenoxy) is 1. The van der Waals surface area contributed by atoms with Crippen LogP contribution in [0.1, 0.15) is 24.1 Å². The van der Waals surface area contributed by atoms with Gasteiger partial charge in [0.15, 0.2) is 10.8 Å². The zero-order chi connectivity index (χ0) is 24.2. The second kappa shape index (κ2) is 10.4. The monoisotopic (exact) mass is 492 g/mol. The first-order chi connectivity index (χ1) is 17.1. The van der Waals surface area contributed by atoms with Gasteiger partial charge in [0.1, 0.15) is 30.1 Å². The summed E-state index contributed by atoms with van der Waals surface area (Å²) in [5.41, 5.74) is 2.29. The summed E-state index contributed by atoms with van der Waals surface area (Å²) in [6.45, 7) is 1.11. The Morgan fingerprint density at radius 1 is 1.29 bits per heavy atom. The molecule has 5 N–H and O–H groups in total. The maximum absolute atomic E-state index is 9.95. The van der Waals surface area contributed by atoms with E-state index in [9.17, 15) is 5.11 Å². The summed E-state index contributed by atoms with van der Waals surface area (Å²) in [6, 6.07) is 7.87. The summed E-state index contributed by atoms with van der Waals surface area (Å²) in [5.74, 6) is 2.35. The van der Waals surface area contributed by atoms with E-state index in [0.29, 0.717) is 47.9 Å². The fourth-order valence-electron chi connectivity index (χ4n) is 3.65. The van der Waals surface area contributed by atoms with Crippen molar-refractivity contribution < 1.29 is 9.84 Å². The third kappa shape index (κ3) is 5.59. The topological polar surface area (TPSA) is 132 Å². The second-order valence-corrected chi connectivity index (χ2v) is 9.32. The molecule has 182 valence electrons. The number of thiazole rings is 1. The molecule has 5 rings (SSSR count). The van der Waals surface area contributed by atoms with E-state index in [1.165, 1.54) is 6.21 Å². The number of nitrogens with one attached hydrogen (secondary N) is 4. The molecule has 1 unspecified atom stereocenters. The van der Waals surface area contributed by atoms with Crippen molar-refractivity contribution in [1.82, 2.24) is 24.7 Å². The Hall–Kier alpha value is -3.54. The van der Waals surface area contributed by atoms with Crippen LogP contribution in [0.4, 0.5) is 11.6 Å². The molecule has 0 aliphatic heterocycles. The van der Waals surface area contributed by atoms with E-state index >= 15 is 0 Å². The normalized spacial score (nSPS) is 14.1. The highest BCUT2D eigenvalue weighted by Gasteiger charge is 2.24. The van der Waals surface area contributed by atoms with Gasteiger partial charge in [0, 0.05) is 42.1 Å². The Morgan fingerprint density at radius 3 is 2.91 bits per heavy atom. The lowest BCUT2D eigenvalue weighted by molar-refractivity contribution is 0.108. The number of likely N-dealkylation sites (N-methyl/N-ethyl adjacent to an activating group) is 1. The number of nitrogens with zero attached hydrogens (tertiary/aromatic N) is 4. The van der Waals surface area contributed by atoms with Crippen LogP contribution in [0.5, 0.6) is 5.75 Å². The summed E-state index contributed by atoms with van der Waals surface area (Å²) in [4.78, 5) is 15.1. The van der Waals surface area contributed by atoms with Crippen molar-refractivity contribution in [3.63, 3.8) is 0 Å². The van der Waals surface area contributed by atoms with Gasteiger partial charge in [0.05, 0.1) is 17.8 Å². The van der Waals surface area contributed by atoms with Gasteiger partial charge in [-0.05, 0) is 32.0 Å². The highest BCUT2D eigenvalue weighted by Crippen LogP contribution is 2.31. The molecular formula is C24H28N8O2S. The predicted octanol–water partition coefficient (Wildman–Crippen LogP) is 3.00. The van der Waals surface area contributed by atoms with Crippen LogP contribution >= 0.6 is 11.3 Å². The number of anilines is 2. The van der Waals surface area contributed by atoms with Crippen LogP contribution in [0.3, 0.4) is 0 Å². The average molecular weight is 493 g/mol. The Kier molecular flexibility index (Phi) is 6.89. The third-order valence-electron chi connectivity index (χ3n) is 5.56. The minimum atomic E-state index is -0.602. The SMILES string of the molecule is CNCC(O)COc1cccc(-c2nc(NCc3cn4ccsc4n3)c(C=N)c(NC3CC3)n2)c1. The van der Waals surface area contributed by atoms with E-state index in [0.717, 1.165) is 29.1 Å². The van der Waals surface area contributed by atoms with E-state index in [1.807, 2.05) is 46.4 Å². The molecule has 0 radical (unpaired) electrons. The number of fused-ring (bicyclic) bond motifs is 1. The molecule has 1 aliphatic carbocycles. The van der Waals surface area contributed by atoms with Gasteiger partial charge in [-0.25, -0.2) is 15.0 Å². The van der Waals surface area contributed by atoms with E-state index in [-0.39, 0.29) is 6.61 Å². The van der Waals surface area contributed by atoms with Crippen LogP contribution in [0.25, 0.3) is 16.3 Å². The maximum Gasteiger partial charge on any atom is 0.193 e. The Morgan fingerprint density at radius 2 is 2.14 bits per heavy atom. The largest absolute Gasteiger partial charge is 0.491 e. The molecule has 10 nitrogen and oxygen atoms in total. The number of aliphatic hydroxyl groups excluding tert-OH is 1. The minimum absolute atomic E-state index is 0.182. The van der Waals surface area contributed by atoms with E-state index in [1.54, 1.807) is 18.4 Å². The smallest absolute Gasteiger partial charge is 0.193 e. The number of hydrogen-bond acceptors (Lipinski definition) is 10. The third-order valence-corrected chi connectivity index (χ3v) is 6.33. The van der Waals surface area contributed by atoms with Crippen molar-refractivity contribution >= 4 is 34.1 Å². The molecule has 1 aliphatic rings. The van der Waals surface area contributed by atoms with Crippen LogP contribution < -0.4 is 20.7 Å². The van der Waals surface area contributed by atoms with Crippen LogP contribution in [-0.2, 0) is 6.54 Å². The molecule has 35 heavy (non-hydrogen) atoms. The minimum Gasteiger partial charge on any atom is -0.491 e. The van der Waals surface area contributed by atoms with Crippen molar-refractivity contribution in [3.05, 3.63) is 53.3 Å². The van der Waals surface area contributed by atoms with Gasteiger partial charge >= 0.3 is 0 Å². The second-order valence-electron chi connectivity index (χ2n) is 8.45. The number of aromatic nitrogens is 4. The van der Waals surface area contributed by atoms with Gasteiger partial charge in [-0.15, -0.1) is 11.3 Å². The molecule has 0 amide bonds. The van der Waals surface area contributed by atoms with E-state index in [2.05, 4.69) is 20.9 Å². The van der Waals surface area contributed by atoms with Gasteiger partial charge in [0.25, 0.3) is 0 Å². The molecule has 3 heterocycles. The molecular weight excluding hydrogens is 464 g/mol. The fourth-order valence-corrected chi connectivity index (χ4v) is 4.37. The highest BCUT2D eigenvalue weighted by atomic mass is 32.1. The first-order valence-corrected chi connectivity index (χ1v) is 12.4. The quantitative estimate of drug-likeness (QED) is 0.191.